The van der Waals surface area contributed by atoms with Gasteiger partial charge >= 0.3 is 0 Å². The lowest BCUT2D eigenvalue weighted by Crippen LogP contribution is -2.26. The molecule has 9 rings (SSSR count). The molecule has 164 valence electrons. The Morgan fingerprint density at radius 3 is 2.37 bits per heavy atom. The van der Waals surface area contributed by atoms with Gasteiger partial charge in [0.1, 0.15) is 0 Å². The first-order valence-electron chi connectivity index (χ1n) is 12.6. The highest BCUT2D eigenvalue weighted by Crippen LogP contribution is 2.56. The normalized spacial score (nSPS) is 14.9. The summed E-state index contributed by atoms with van der Waals surface area (Å²) in [6.45, 7) is 0. The van der Waals surface area contributed by atoms with Gasteiger partial charge in [0.2, 0.25) is 0 Å². The van der Waals surface area contributed by atoms with Gasteiger partial charge in [0.25, 0.3) is 0 Å². The summed E-state index contributed by atoms with van der Waals surface area (Å²) in [5.74, 6) is 0. The van der Waals surface area contributed by atoms with Crippen LogP contribution in [0.5, 0.6) is 0 Å². The van der Waals surface area contributed by atoms with E-state index in [1.807, 2.05) is 6.20 Å². The second kappa shape index (κ2) is 6.28. The van der Waals surface area contributed by atoms with Gasteiger partial charge in [0, 0.05) is 24.7 Å². The number of hydrogen-bond donors (Lipinski definition) is 0. The minimum Gasteiger partial charge on any atom is -0.308 e. The van der Waals surface area contributed by atoms with Crippen LogP contribution in [0, 0.1) is 0 Å². The molecule has 5 aromatic rings. The predicted octanol–water partition coefficient (Wildman–Crippen LogP) is 7.50. The number of rotatable bonds is 0. The van der Waals surface area contributed by atoms with E-state index in [-0.39, 0.29) is 0 Å². The molecule has 0 spiro atoms. The molecular formula is C33H22N2. The Labute approximate surface area is 204 Å². The molecule has 2 heteroatoms. The van der Waals surface area contributed by atoms with E-state index in [2.05, 4.69) is 83.8 Å². The molecule has 2 aliphatic carbocycles. The molecule has 0 unspecified atom stereocenters. The first-order chi connectivity index (χ1) is 17.3. The fraction of sp³-hybridized carbons (Fsp3) is 0.121. The zero-order valence-electron chi connectivity index (χ0n) is 19.3. The van der Waals surface area contributed by atoms with Gasteiger partial charge in [-0.05, 0) is 98.3 Å². The summed E-state index contributed by atoms with van der Waals surface area (Å²) < 4.78 is 0. The maximum absolute atomic E-state index is 4.81. The Bertz CT molecular complexity index is 1750. The largest absolute Gasteiger partial charge is 0.308 e. The van der Waals surface area contributed by atoms with Crippen LogP contribution in [0.15, 0.2) is 85.1 Å². The van der Waals surface area contributed by atoms with E-state index in [0.29, 0.717) is 0 Å². The number of benzene rings is 4. The van der Waals surface area contributed by atoms with Crippen LogP contribution >= 0.6 is 0 Å². The first kappa shape index (κ1) is 18.2. The van der Waals surface area contributed by atoms with Crippen LogP contribution in [0.2, 0.25) is 0 Å². The molecule has 0 saturated heterocycles. The molecular weight excluding hydrogens is 424 g/mol. The molecule has 0 fully saturated rings. The van der Waals surface area contributed by atoms with E-state index in [0.717, 1.165) is 25.7 Å². The van der Waals surface area contributed by atoms with Crippen molar-refractivity contribution in [1.29, 1.82) is 0 Å². The quantitative estimate of drug-likeness (QED) is 0.240. The number of pyridine rings is 1. The highest BCUT2D eigenvalue weighted by atomic mass is 15.2. The van der Waals surface area contributed by atoms with Crippen molar-refractivity contribution in [3.8, 4) is 22.3 Å². The minimum atomic E-state index is 0.896. The van der Waals surface area contributed by atoms with E-state index in [1.54, 1.807) is 0 Å². The van der Waals surface area contributed by atoms with Gasteiger partial charge in [-0.3, -0.25) is 4.98 Å². The molecule has 0 atom stereocenters. The first-order valence-corrected chi connectivity index (χ1v) is 12.6. The fourth-order valence-electron chi connectivity index (χ4n) is 7.18. The van der Waals surface area contributed by atoms with Crippen molar-refractivity contribution in [1.82, 2.24) is 4.98 Å². The van der Waals surface area contributed by atoms with Gasteiger partial charge in [0.05, 0.1) is 17.1 Å². The van der Waals surface area contributed by atoms with Crippen LogP contribution < -0.4 is 4.90 Å². The second-order valence-corrected chi connectivity index (χ2v) is 10.3. The van der Waals surface area contributed by atoms with Gasteiger partial charge < -0.3 is 4.90 Å². The molecule has 4 aliphatic rings. The number of hydrogen-bond acceptors (Lipinski definition) is 2. The lowest BCUT2D eigenvalue weighted by molar-refractivity contribution is 0.961. The average molecular weight is 447 g/mol. The zero-order chi connectivity index (χ0) is 22.7. The van der Waals surface area contributed by atoms with E-state index in [9.17, 15) is 0 Å². The van der Waals surface area contributed by atoms with Crippen LogP contribution in [-0.4, -0.2) is 4.98 Å². The van der Waals surface area contributed by atoms with Crippen LogP contribution in [0.1, 0.15) is 44.6 Å². The number of nitrogens with zero attached hydrogens (tertiary/aromatic N) is 2. The van der Waals surface area contributed by atoms with Crippen molar-refractivity contribution in [2.75, 3.05) is 4.90 Å². The molecule has 0 N–H and O–H groups in total. The third-order valence-electron chi connectivity index (χ3n) is 8.60. The number of fused-ring (bicyclic) bond motifs is 12. The summed E-state index contributed by atoms with van der Waals surface area (Å²) in [7, 11) is 0. The van der Waals surface area contributed by atoms with Crippen LogP contribution in [-0.2, 0) is 25.7 Å². The Balaban J connectivity index is 1.32. The highest BCUT2D eigenvalue weighted by molar-refractivity contribution is 5.96. The molecule has 1 aromatic heterocycles. The second-order valence-electron chi connectivity index (χ2n) is 10.3. The predicted molar refractivity (Wildman–Crippen MR) is 141 cm³/mol. The molecule has 35 heavy (non-hydrogen) atoms. The van der Waals surface area contributed by atoms with E-state index in [1.165, 1.54) is 84.0 Å². The minimum absolute atomic E-state index is 0.896. The maximum Gasteiger partial charge on any atom is 0.0688 e. The lowest BCUT2D eigenvalue weighted by Gasteiger charge is -2.39. The van der Waals surface area contributed by atoms with E-state index < -0.39 is 0 Å². The maximum atomic E-state index is 4.81. The van der Waals surface area contributed by atoms with Crippen molar-refractivity contribution in [3.05, 3.63) is 130 Å². The lowest BCUT2D eigenvalue weighted by atomic mass is 9.83. The molecule has 0 radical (unpaired) electrons. The molecule has 4 aromatic carbocycles. The summed E-state index contributed by atoms with van der Waals surface area (Å²) in [4.78, 5) is 7.31. The summed E-state index contributed by atoms with van der Waals surface area (Å²) in [6.07, 6.45) is 5.92. The SMILES string of the molecule is c1ccc2c(c1)Cc1ccc3c(c1-2)Cc1c-3cc2c3c1Cc1ccccc1N3c1cccnc1C2. The highest BCUT2D eigenvalue weighted by Gasteiger charge is 2.37. The van der Waals surface area contributed by atoms with Crippen molar-refractivity contribution in [2.24, 2.45) is 0 Å². The van der Waals surface area contributed by atoms with Gasteiger partial charge in [-0.1, -0.05) is 54.6 Å². The summed E-state index contributed by atoms with van der Waals surface area (Å²) >= 11 is 0. The Kier molecular flexibility index (Phi) is 3.27. The molecule has 3 heterocycles. The smallest absolute Gasteiger partial charge is 0.0688 e. The number of para-hydroxylation sites is 1. The number of anilines is 3. The summed E-state index contributed by atoms with van der Waals surface area (Å²) in [5, 5.41) is 0. The molecule has 2 nitrogen and oxygen atoms in total. The average Bonchev–Trinajstić information content (AvgIpc) is 3.46. The van der Waals surface area contributed by atoms with Gasteiger partial charge in [-0.2, -0.15) is 0 Å². The van der Waals surface area contributed by atoms with Gasteiger partial charge in [-0.25, -0.2) is 0 Å². The van der Waals surface area contributed by atoms with Crippen molar-refractivity contribution >= 4 is 17.1 Å². The van der Waals surface area contributed by atoms with E-state index in [4.69, 9.17) is 4.98 Å². The Hall–Kier alpha value is -4.17. The van der Waals surface area contributed by atoms with Gasteiger partial charge in [-0.15, -0.1) is 0 Å². The Morgan fingerprint density at radius 1 is 0.543 bits per heavy atom. The fourth-order valence-corrected chi connectivity index (χ4v) is 7.18. The summed E-state index contributed by atoms with van der Waals surface area (Å²) in [6, 6.07) is 29.5. The molecule has 0 amide bonds. The Morgan fingerprint density at radius 2 is 1.40 bits per heavy atom. The van der Waals surface area contributed by atoms with Crippen LogP contribution in [0.4, 0.5) is 17.1 Å². The third-order valence-corrected chi connectivity index (χ3v) is 8.60. The van der Waals surface area contributed by atoms with Crippen LogP contribution in [0.3, 0.4) is 0 Å². The van der Waals surface area contributed by atoms with Crippen molar-refractivity contribution in [2.45, 2.75) is 25.7 Å². The molecule has 2 aliphatic heterocycles. The standard InChI is InChI=1S/C33H22N2/c1-3-8-23-19(6-1)14-21-11-12-24-25-16-22-17-29-31(10-5-13-34-29)35-30-9-4-2-7-20(30)15-28(33(22)35)26(25)18-27(24)32(21)23/h1-13,16H,14-15,17-18H2. The molecule has 0 bridgehead atoms. The number of aromatic nitrogens is 1. The topological polar surface area (TPSA) is 16.1 Å². The third kappa shape index (κ3) is 2.23. The van der Waals surface area contributed by atoms with E-state index >= 15 is 0 Å². The van der Waals surface area contributed by atoms with Crippen LogP contribution in [0.25, 0.3) is 22.3 Å². The molecule has 0 saturated carbocycles. The summed E-state index contributed by atoms with van der Waals surface area (Å²) in [5.41, 5.74) is 21.3. The van der Waals surface area contributed by atoms with Gasteiger partial charge in [0.15, 0.2) is 0 Å². The monoisotopic (exact) mass is 446 g/mol. The van der Waals surface area contributed by atoms with Crippen molar-refractivity contribution < 1.29 is 0 Å². The van der Waals surface area contributed by atoms with Crippen molar-refractivity contribution in [3.63, 3.8) is 0 Å². The zero-order valence-corrected chi connectivity index (χ0v) is 19.3.